The number of aryl methyl sites for hydroxylation is 2. The Morgan fingerprint density at radius 3 is 1.66 bits per heavy atom. The quantitative estimate of drug-likeness (QED) is 0.439. The Labute approximate surface area is 187 Å². The second kappa shape index (κ2) is 12.5. The van der Waals surface area contributed by atoms with Crippen LogP contribution in [-0.4, -0.2) is 28.3 Å². The maximum atomic E-state index is 11.2. The van der Waals surface area contributed by atoms with Gasteiger partial charge in [-0.15, -0.1) is 0 Å². The molecular formula is C18H25Cl3N2O4S2. The van der Waals surface area contributed by atoms with Crippen LogP contribution in [0.2, 0.25) is 10.0 Å². The summed E-state index contributed by atoms with van der Waals surface area (Å²) in [4.78, 5) is 0. The molecule has 0 aliphatic carbocycles. The summed E-state index contributed by atoms with van der Waals surface area (Å²) >= 11 is 11.5. The molecule has 0 aromatic heterocycles. The Morgan fingerprint density at radius 2 is 1.31 bits per heavy atom. The van der Waals surface area contributed by atoms with Crippen LogP contribution in [0.25, 0.3) is 0 Å². The van der Waals surface area contributed by atoms with Gasteiger partial charge in [-0.05, 0) is 68.3 Å². The highest BCUT2D eigenvalue weighted by Crippen LogP contribution is 2.20. The van der Waals surface area contributed by atoms with Crippen molar-refractivity contribution in [1.29, 1.82) is 0 Å². The van der Waals surface area contributed by atoms with E-state index in [4.69, 9.17) is 28.9 Å². The van der Waals surface area contributed by atoms with E-state index >= 15 is 0 Å². The van der Waals surface area contributed by atoms with E-state index in [1.807, 2.05) is 19.9 Å². The van der Waals surface area contributed by atoms with Gasteiger partial charge in [-0.25, -0.2) is 16.8 Å². The molecule has 0 fully saturated rings. The molecule has 0 atom stereocenters. The van der Waals surface area contributed by atoms with E-state index in [0.29, 0.717) is 10.7 Å². The first-order chi connectivity index (χ1) is 13.2. The second-order valence-corrected chi connectivity index (χ2v) is 11.7. The minimum Gasteiger partial charge on any atom is -0.399 e. The van der Waals surface area contributed by atoms with E-state index in [1.165, 1.54) is 6.92 Å². The number of anilines is 2. The number of nitrogens with one attached hydrogen (secondary N) is 1. The van der Waals surface area contributed by atoms with Crippen LogP contribution in [0.1, 0.15) is 25.0 Å². The standard InChI is InChI=1S/C9H12ClNO2S.C7H8ClN.C2H5ClO2S/c1-3-14(12,13)11-8-4-5-9(10)7(2)6-8;1-5-4-6(9)2-3-7(5)8;1-2-6(3,4)5/h4-6,11H,3H2,1-2H3;2-4H,9H2,1H3;2H2,1H3. The van der Waals surface area contributed by atoms with Gasteiger partial charge in [0, 0.05) is 32.1 Å². The Balaban J connectivity index is 0.000000448. The van der Waals surface area contributed by atoms with Gasteiger partial charge in [0.2, 0.25) is 19.1 Å². The van der Waals surface area contributed by atoms with E-state index < -0.39 is 19.1 Å². The number of halogens is 3. The molecule has 0 radical (unpaired) electrons. The molecule has 0 aliphatic rings. The maximum absolute atomic E-state index is 11.2. The summed E-state index contributed by atoms with van der Waals surface area (Å²) in [5.74, 6) is 0.0726. The fourth-order valence-electron chi connectivity index (χ4n) is 1.63. The fourth-order valence-corrected chi connectivity index (χ4v) is 2.49. The number of nitrogens with two attached hydrogens (primary N) is 1. The van der Waals surface area contributed by atoms with Crippen molar-refractivity contribution in [2.24, 2.45) is 0 Å². The summed E-state index contributed by atoms with van der Waals surface area (Å²) in [6, 6.07) is 10.5. The molecule has 2 rings (SSSR count). The van der Waals surface area contributed by atoms with Gasteiger partial charge in [-0.1, -0.05) is 30.1 Å². The molecule has 2 aromatic carbocycles. The molecule has 0 spiro atoms. The summed E-state index contributed by atoms with van der Waals surface area (Å²) in [6.45, 7) is 6.83. The van der Waals surface area contributed by atoms with Crippen molar-refractivity contribution in [2.45, 2.75) is 27.7 Å². The van der Waals surface area contributed by atoms with Crippen molar-refractivity contribution < 1.29 is 16.8 Å². The first kappa shape index (κ1) is 27.8. The lowest BCUT2D eigenvalue weighted by Crippen LogP contribution is -2.14. The number of nitrogen functional groups attached to an aromatic ring is 1. The average Bonchev–Trinajstić information content (AvgIpc) is 2.62. The lowest BCUT2D eigenvalue weighted by atomic mass is 10.2. The first-order valence-corrected chi connectivity index (χ1v) is 13.3. The van der Waals surface area contributed by atoms with E-state index in [9.17, 15) is 16.8 Å². The van der Waals surface area contributed by atoms with Crippen LogP contribution in [0, 0.1) is 13.8 Å². The average molecular weight is 504 g/mol. The molecule has 29 heavy (non-hydrogen) atoms. The van der Waals surface area contributed by atoms with Gasteiger partial charge in [0.05, 0.1) is 11.5 Å². The number of sulfonamides is 1. The van der Waals surface area contributed by atoms with Crippen molar-refractivity contribution >= 4 is 64.3 Å². The third-order valence-corrected chi connectivity index (χ3v) is 6.84. The van der Waals surface area contributed by atoms with Crippen LogP contribution < -0.4 is 10.5 Å². The minimum atomic E-state index is -3.20. The van der Waals surface area contributed by atoms with E-state index in [0.717, 1.165) is 21.8 Å². The summed E-state index contributed by atoms with van der Waals surface area (Å²) in [6.07, 6.45) is 0. The third kappa shape index (κ3) is 12.9. The minimum absolute atomic E-state index is 0.00849. The number of hydrogen-bond donors (Lipinski definition) is 2. The van der Waals surface area contributed by atoms with Gasteiger partial charge in [-0.3, -0.25) is 4.72 Å². The summed E-state index contributed by atoms with van der Waals surface area (Å²) in [7, 11) is -1.70. The van der Waals surface area contributed by atoms with Crippen LogP contribution in [0.3, 0.4) is 0 Å². The molecule has 0 bridgehead atoms. The second-order valence-electron chi connectivity index (χ2n) is 5.81. The van der Waals surface area contributed by atoms with E-state index in [1.54, 1.807) is 37.3 Å². The highest BCUT2D eigenvalue weighted by atomic mass is 35.7. The van der Waals surface area contributed by atoms with Crippen LogP contribution in [-0.2, 0) is 19.1 Å². The maximum Gasteiger partial charge on any atom is 0.232 e. The first-order valence-electron chi connectivity index (χ1n) is 8.41. The predicted octanol–water partition coefficient (Wildman–Crippen LogP) is 5.22. The van der Waals surface area contributed by atoms with Crippen LogP contribution >= 0.6 is 33.9 Å². The monoisotopic (exact) mass is 502 g/mol. The SMILES string of the molecule is CCS(=O)(=O)Cl.CCS(=O)(=O)Nc1ccc(Cl)c(C)c1.Cc1cc(N)ccc1Cl. The molecule has 0 saturated heterocycles. The fraction of sp³-hybridized carbons (Fsp3) is 0.333. The Morgan fingerprint density at radius 1 is 0.862 bits per heavy atom. The van der Waals surface area contributed by atoms with Crippen LogP contribution in [0.5, 0.6) is 0 Å². The number of hydrogen-bond acceptors (Lipinski definition) is 5. The summed E-state index contributed by atoms with van der Waals surface area (Å²) in [5.41, 5.74) is 8.65. The molecule has 0 saturated carbocycles. The zero-order valence-electron chi connectivity index (χ0n) is 16.5. The number of rotatable bonds is 4. The van der Waals surface area contributed by atoms with Crippen molar-refractivity contribution in [2.75, 3.05) is 22.0 Å². The summed E-state index contributed by atoms with van der Waals surface area (Å²) in [5, 5.41) is 1.40. The molecule has 0 unspecified atom stereocenters. The lowest BCUT2D eigenvalue weighted by molar-refractivity contribution is 0.602. The van der Waals surface area contributed by atoms with Gasteiger partial charge < -0.3 is 5.73 Å². The number of benzene rings is 2. The summed E-state index contributed by atoms with van der Waals surface area (Å²) < 4.78 is 44.4. The van der Waals surface area contributed by atoms with Crippen LogP contribution in [0.15, 0.2) is 36.4 Å². The highest BCUT2D eigenvalue weighted by molar-refractivity contribution is 8.13. The Kier molecular flexibility index (Phi) is 12.0. The van der Waals surface area contributed by atoms with Crippen molar-refractivity contribution in [3.05, 3.63) is 57.6 Å². The molecular weight excluding hydrogens is 479 g/mol. The largest absolute Gasteiger partial charge is 0.399 e. The van der Waals surface area contributed by atoms with Gasteiger partial charge in [0.1, 0.15) is 0 Å². The van der Waals surface area contributed by atoms with Crippen molar-refractivity contribution in [3.63, 3.8) is 0 Å². The molecule has 0 amide bonds. The molecule has 6 nitrogen and oxygen atoms in total. The third-order valence-electron chi connectivity index (χ3n) is 3.34. The Hall–Kier alpha value is -1.19. The van der Waals surface area contributed by atoms with Gasteiger partial charge >= 0.3 is 0 Å². The molecule has 164 valence electrons. The molecule has 11 heteroatoms. The van der Waals surface area contributed by atoms with Gasteiger partial charge in [-0.2, -0.15) is 0 Å². The van der Waals surface area contributed by atoms with Crippen molar-refractivity contribution in [1.82, 2.24) is 0 Å². The molecule has 3 N–H and O–H groups in total. The lowest BCUT2D eigenvalue weighted by Gasteiger charge is -2.07. The predicted molar refractivity (Wildman–Crippen MR) is 125 cm³/mol. The van der Waals surface area contributed by atoms with Gasteiger partial charge in [0.25, 0.3) is 0 Å². The Bertz CT molecular complexity index is 1010. The van der Waals surface area contributed by atoms with Crippen molar-refractivity contribution in [3.8, 4) is 0 Å². The van der Waals surface area contributed by atoms with E-state index in [2.05, 4.69) is 15.4 Å². The zero-order chi connectivity index (χ0) is 22.8. The van der Waals surface area contributed by atoms with Gasteiger partial charge in [0.15, 0.2) is 0 Å². The molecule has 2 aromatic rings. The topological polar surface area (TPSA) is 106 Å². The smallest absolute Gasteiger partial charge is 0.232 e. The zero-order valence-corrected chi connectivity index (χ0v) is 20.4. The normalized spacial score (nSPS) is 10.9. The van der Waals surface area contributed by atoms with Crippen LogP contribution in [0.4, 0.5) is 11.4 Å². The highest BCUT2D eigenvalue weighted by Gasteiger charge is 2.07. The molecule has 0 aliphatic heterocycles. The molecule has 0 heterocycles. The van der Waals surface area contributed by atoms with E-state index in [-0.39, 0.29) is 11.5 Å².